The number of anilines is 2. The second-order valence-electron chi connectivity index (χ2n) is 7.40. The van der Waals surface area contributed by atoms with E-state index in [0.717, 1.165) is 30.3 Å². The Hall–Kier alpha value is -2.49. The number of rotatable bonds is 5. The predicted octanol–water partition coefficient (Wildman–Crippen LogP) is 2.72. The zero-order valence-electron chi connectivity index (χ0n) is 15.9. The summed E-state index contributed by atoms with van der Waals surface area (Å²) in [6.45, 7) is 5.17. The zero-order valence-corrected chi connectivity index (χ0v) is 16.7. The van der Waals surface area contributed by atoms with Crippen LogP contribution in [0.15, 0.2) is 41.7 Å². The Morgan fingerprint density at radius 3 is 2.68 bits per heavy atom. The van der Waals surface area contributed by atoms with Crippen LogP contribution in [0.3, 0.4) is 0 Å². The summed E-state index contributed by atoms with van der Waals surface area (Å²) in [5.74, 6) is 0.613. The lowest BCUT2D eigenvalue weighted by molar-refractivity contribution is 0.205. The summed E-state index contributed by atoms with van der Waals surface area (Å²) in [5, 5.41) is 9.49. The summed E-state index contributed by atoms with van der Waals surface area (Å²) in [6, 6.07) is 7.82. The number of fused-ring (bicyclic) bond motifs is 1. The van der Waals surface area contributed by atoms with Crippen LogP contribution in [-0.2, 0) is 16.6 Å². The highest BCUT2D eigenvalue weighted by molar-refractivity contribution is 7.89. The minimum atomic E-state index is -3.81. The minimum absolute atomic E-state index is 0.0700. The number of nitrogens with two attached hydrogens (primary N) is 1. The second-order valence-corrected chi connectivity index (χ2v) is 8.96. The molecule has 3 heterocycles. The van der Waals surface area contributed by atoms with Crippen molar-refractivity contribution >= 4 is 32.6 Å². The Morgan fingerprint density at radius 2 is 1.96 bits per heavy atom. The third kappa shape index (κ3) is 3.60. The molecule has 1 saturated heterocycles. The first-order valence-electron chi connectivity index (χ1n) is 9.29. The first-order chi connectivity index (χ1) is 13.3. The molecule has 28 heavy (non-hydrogen) atoms. The number of nitrogens with zero attached hydrogens (tertiary/aromatic N) is 3. The third-order valence-corrected chi connectivity index (χ3v) is 6.42. The Labute approximate surface area is 164 Å². The Morgan fingerprint density at radius 1 is 1.21 bits per heavy atom. The molecular weight excluding hydrogens is 376 g/mol. The normalized spacial score (nSPS) is 20.7. The van der Waals surface area contributed by atoms with Crippen molar-refractivity contribution in [2.75, 3.05) is 5.32 Å². The standard InChI is InChI=1S/C19H24N6O2S/c1-12-3-4-13(2)25(12)10-14-5-6-15(28(20,26)27)9-17(14)24-19-16-7-8-21-18(16)22-11-23-19/h5-9,11-13H,3-4,10H2,1-2H3,(H2,20,26,27)(H2,21,22,23,24). The maximum absolute atomic E-state index is 11.9. The van der Waals surface area contributed by atoms with Crippen molar-refractivity contribution in [1.82, 2.24) is 19.9 Å². The van der Waals surface area contributed by atoms with Gasteiger partial charge in [-0.25, -0.2) is 23.5 Å². The van der Waals surface area contributed by atoms with Gasteiger partial charge in [0.1, 0.15) is 17.8 Å². The quantitative estimate of drug-likeness (QED) is 0.606. The highest BCUT2D eigenvalue weighted by atomic mass is 32.2. The maximum Gasteiger partial charge on any atom is 0.238 e. The molecule has 2 atom stereocenters. The number of hydrogen-bond acceptors (Lipinski definition) is 6. The van der Waals surface area contributed by atoms with Crippen LogP contribution < -0.4 is 10.5 Å². The number of H-pyrrole nitrogens is 1. The molecule has 0 radical (unpaired) electrons. The fourth-order valence-corrected chi connectivity index (χ4v) is 4.38. The highest BCUT2D eigenvalue weighted by Crippen LogP contribution is 2.31. The number of likely N-dealkylation sites (tertiary alicyclic amines) is 1. The molecule has 0 bridgehead atoms. The van der Waals surface area contributed by atoms with Gasteiger partial charge < -0.3 is 10.3 Å². The van der Waals surface area contributed by atoms with Crippen LogP contribution in [0, 0.1) is 0 Å². The van der Waals surface area contributed by atoms with E-state index in [9.17, 15) is 8.42 Å². The van der Waals surface area contributed by atoms with Gasteiger partial charge in [0, 0.05) is 30.5 Å². The van der Waals surface area contributed by atoms with Gasteiger partial charge in [-0.2, -0.15) is 0 Å². The van der Waals surface area contributed by atoms with Crippen LogP contribution in [0.1, 0.15) is 32.3 Å². The van der Waals surface area contributed by atoms with Gasteiger partial charge in [0.05, 0.1) is 10.3 Å². The van der Waals surface area contributed by atoms with Gasteiger partial charge in [-0.15, -0.1) is 0 Å². The number of primary sulfonamides is 1. The van der Waals surface area contributed by atoms with E-state index < -0.39 is 10.0 Å². The lowest BCUT2D eigenvalue weighted by Gasteiger charge is -2.27. The molecule has 2 aromatic heterocycles. The maximum atomic E-state index is 11.9. The fourth-order valence-electron chi connectivity index (χ4n) is 3.84. The molecule has 1 aliphatic rings. The first-order valence-corrected chi connectivity index (χ1v) is 10.8. The second kappa shape index (κ2) is 7.16. The minimum Gasteiger partial charge on any atom is -0.346 e. The molecule has 3 aromatic rings. The van der Waals surface area contributed by atoms with Crippen LogP contribution in [0.2, 0.25) is 0 Å². The summed E-state index contributed by atoms with van der Waals surface area (Å²) in [7, 11) is -3.81. The smallest absolute Gasteiger partial charge is 0.238 e. The lowest BCUT2D eigenvalue weighted by atomic mass is 10.1. The van der Waals surface area contributed by atoms with Gasteiger partial charge in [0.25, 0.3) is 0 Å². The molecule has 8 nitrogen and oxygen atoms in total. The molecule has 1 aromatic carbocycles. The Bertz CT molecular complexity index is 1100. The molecule has 2 unspecified atom stereocenters. The molecule has 0 saturated carbocycles. The van der Waals surface area contributed by atoms with Crippen LogP contribution in [-0.4, -0.2) is 40.4 Å². The highest BCUT2D eigenvalue weighted by Gasteiger charge is 2.28. The van der Waals surface area contributed by atoms with Crippen molar-refractivity contribution < 1.29 is 8.42 Å². The zero-order chi connectivity index (χ0) is 19.9. The average Bonchev–Trinajstić information content (AvgIpc) is 3.24. The Kier molecular flexibility index (Phi) is 4.82. The van der Waals surface area contributed by atoms with E-state index in [-0.39, 0.29) is 4.90 Å². The van der Waals surface area contributed by atoms with Crippen molar-refractivity contribution in [3.05, 3.63) is 42.4 Å². The van der Waals surface area contributed by atoms with E-state index in [2.05, 4.69) is 39.0 Å². The van der Waals surface area contributed by atoms with Gasteiger partial charge in [0.2, 0.25) is 10.0 Å². The summed E-state index contributed by atoms with van der Waals surface area (Å²) in [4.78, 5) is 14.1. The number of nitrogens with one attached hydrogen (secondary N) is 2. The Balaban J connectivity index is 1.75. The number of benzene rings is 1. The SMILES string of the molecule is CC1CCC(C)N1Cc1ccc(S(N)(=O)=O)cc1Nc1ncnc2[nH]ccc12. The molecule has 0 aliphatic carbocycles. The van der Waals surface area contributed by atoms with Crippen LogP contribution in [0.5, 0.6) is 0 Å². The predicted molar refractivity (Wildman–Crippen MR) is 109 cm³/mol. The van der Waals surface area contributed by atoms with Gasteiger partial charge in [-0.1, -0.05) is 6.07 Å². The number of sulfonamides is 1. The summed E-state index contributed by atoms with van der Waals surface area (Å²) < 4.78 is 23.8. The van der Waals surface area contributed by atoms with E-state index in [0.29, 0.717) is 29.2 Å². The molecule has 1 fully saturated rings. The summed E-state index contributed by atoms with van der Waals surface area (Å²) in [5.41, 5.74) is 2.39. The molecular formula is C19H24N6O2S. The van der Waals surface area contributed by atoms with E-state index in [1.165, 1.54) is 6.33 Å². The molecule has 0 amide bonds. The van der Waals surface area contributed by atoms with E-state index in [1.807, 2.05) is 12.1 Å². The first kappa shape index (κ1) is 18.9. The third-order valence-electron chi connectivity index (χ3n) is 5.50. The van der Waals surface area contributed by atoms with Crippen LogP contribution in [0.4, 0.5) is 11.5 Å². The number of aromatic nitrogens is 3. The van der Waals surface area contributed by atoms with Crippen molar-refractivity contribution in [2.45, 2.75) is 50.2 Å². The molecule has 148 valence electrons. The monoisotopic (exact) mass is 400 g/mol. The molecule has 9 heteroatoms. The van der Waals surface area contributed by atoms with Gasteiger partial charge in [0.15, 0.2) is 0 Å². The summed E-state index contributed by atoms with van der Waals surface area (Å²) >= 11 is 0. The van der Waals surface area contributed by atoms with Crippen LogP contribution >= 0.6 is 0 Å². The van der Waals surface area contributed by atoms with E-state index in [1.54, 1.807) is 18.3 Å². The van der Waals surface area contributed by atoms with Gasteiger partial charge in [-0.05, 0) is 50.5 Å². The molecule has 4 rings (SSSR count). The van der Waals surface area contributed by atoms with Crippen molar-refractivity contribution in [2.24, 2.45) is 5.14 Å². The van der Waals surface area contributed by atoms with Crippen molar-refractivity contribution in [3.8, 4) is 0 Å². The summed E-state index contributed by atoms with van der Waals surface area (Å²) in [6.07, 6.45) is 5.58. The van der Waals surface area contributed by atoms with Crippen molar-refractivity contribution in [3.63, 3.8) is 0 Å². The van der Waals surface area contributed by atoms with Crippen LogP contribution in [0.25, 0.3) is 11.0 Å². The number of aromatic amines is 1. The molecule has 4 N–H and O–H groups in total. The number of hydrogen-bond donors (Lipinski definition) is 3. The van der Waals surface area contributed by atoms with Crippen molar-refractivity contribution in [1.29, 1.82) is 0 Å². The average molecular weight is 401 g/mol. The van der Waals surface area contributed by atoms with E-state index >= 15 is 0 Å². The van der Waals surface area contributed by atoms with Gasteiger partial charge in [-0.3, -0.25) is 4.90 Å². The topological polar surface area (TPSA) is 117 Å². The van der Waals surface area contributed by atoms with Gasteiger partial charge >= 0.3 is 0 Å². The van der Waals surface area contributed by atoms with E-state index in [4.69, 9.17) is 5.14 Å². The largest absolute Gasteiger partial charge is 0.346 e. The molecule has 1 aliphatic heterocycles. The fraction of sp³-hybridized carbons (Fsp3) is 0.368. The lowest BCUT2D eigenvalue weighted by Crippen LogP contribution is -2.32. The molecule has 0 spiro atoms.